The van der Waals surface area contributed by atoms with E-state index in [0.29, 0.717) is 0 Å². The third-order valence-corrected chi connectivity index (χ3v) is 3.09. The monoisotopic (exact) mass is 264 g/mol. The lowest BCUT2D eigenvalue weighted by atomic mass is 10.0. The molecule has 2 aromatic carbocycles. The maximum atomic E-state index is 11.4. The zero-order chi connectivity index (χ0) is 14.5. The van der Waals surface area contributed by atoms with Gasteiger partial charge in [0.25, 0.3) is 0 Å². The van der Waals surface area contributed by atoms with Crippen LogP contribution in [0.3, 0.4) is 0 Å². The molecule has 0 amide bonds. The third kappa shape index (κ3) is 3.29. The largest absolute Gasteiger partial charge is 0.294 e. The van der Waals surface area contributed by atoms with Crippen molar-refractivity contribution in [1.29, 1.82) is 0 Å². The van der Waals surface area contributed by atoms with Gasteiger partial charge in [0, 0.05) is 0 Å². The van der Waals surface area contributed by atoms with Gasteiger partial charge in [0.2, 0.25) is 0 Å². The molecule has 0 N–H and O–H groups in total. The molecule has 0 unspecified atom stereocenters. The second-order valence-electron chi connectivity index (χ2n) is 4.66. The summed E-state index contributed by atoms with van der Waals surface area (Å²) in [5.74, 6) is -0.408. The zero-order valence-corrected chi connectivity index (χ0v) is 11.6. The number of Topliss-reactive ketones (excluding diaryl/α,β-unsaturated/α-hetero) is 2. The van der Waals surface area contributed by atoms with Crippen LogP contribution in [0.5, 0.6) is 0 Å². The van der Waals surface area contributed by atoms with Crippen molar-refractivity contribution in [1.82, 2.24) is 0 Å². The predicted molar refractivity (Wildman–Crippen MR) is 81.2 cm³/mol. The van der Waals surface area contributed by atoms with Crippen molar-refractivity contribution >= 4 is 17.6 Å². The molecule has 0 bridgehead atoms. The van der Waals surface area contributed by atoms with Gasteiger partial charge in [-0.3, -0.25) is 9.59 Å². The van der Waals surface area contributed by atoms with Gasteiger partial charge in [-0.05, 0) is 36.6 Å². The summed E-state index contributed by atoms with van der Waals surface area (Å²) in [4.78, 5) is 22.8. The Hall–Kier alpha value is -2.48. The number of carbonyl (C=O) groups excluding carboxylic acids is 2. The summed E-state index contributed by atoms with van der Waals surface area (Å²) < 4.78 is 0. The Bertz CT molecular complexity index is 634. The van der Waals surface area contributed by atoms with Gasteiger partial charge in [-0.25, -0.2) is 0 Å². The van der Waals surface area contributed by atoms with Crippen LogP contribution in [0.15, 0.2) is 60.2 Å². The van der Waals surface area contributed by atoms with E-state index in [0.717, 1.165) is 16.7 Å². The van der Waals surface area contributed by atoms with Crippen LogP contribution in [-0.2, 0) is 9.59 Å². The summed E-state index contributed by atoms with van der Waals surface area (Å²) in [6, 6.07) is 17.8. The maximum absolute atomic E-state index is 11.4. The average Bonchev–Trinajstić information content (AvgIpc) is 2.45. The van der Waals surface area contributed by atoms with Crippen molar-refractivity contribution < 1.29 is 9.59 Å². The highest BCUT2D eigenvalue weighted by Gasteiger charge is 2.09. The Labute approximate surface area is 118 Å². The number of hydrogen-bond donors (Lipinski definition) is 0. The summed E-state index contributed by atoms with van der Waals surface area (Å²) >= 11 is 0. The quantitative estimate of drug-likeness (QED) is 0.476. The van der Waals surface area contributed by atoms with Crippen molar-refractivity contribution in [2.24, 2.45) is 0 Å². The standard InChI is InChI=1S/C18H16O2/c1-13(19)18(14(2)20)12-15-8-10-17(11-9-15)16-6-4-3-5-7-16/h3-12H,1-2H3. The number of allylic oxidation sites excluding steroid dienone is 1. The summed E-state index contributed by atoms with van der Waals surface area (Å²) in [5, 5.41) is 0. The van der Waals surface area contributed by atoms with Gasteiger partial charge in [0.15, 0.2) is 11.6 Å². The highest BCUT2D eigenvalue weighted by molar-refractivity contribution is 6.21. The molecule has 0 fully saturated rings. The van der Waals surface area contributed by atoms with Crippen molar-refractivity contribution in [3.05, 3.63) is 65.7 Å². The van der Waals surface area contributed by atoms with Crippen molar-refractivity contribution in [3.63, 3.8) is 0 Å². The van der Waals surface area contributed by atoms with Crippen LogP contribution in [0.1, 0.15) is 19.4 Å². The van der Waals surface area contributed by atoms with Crippen molar-refractivity contribution in [2.45, 2.75) is 13.8 Å². The van der Waals surface area contributed by atoms with Gasteiger partial charge in [0.05, 0.1) is 5.57 Å². The molecule has 0 heterocycles. The van der Waals surface area contributed by atoms with Crippen LogP contribution in [0.2, 0.25) is 0 Å². The molecule has 0 saturated heterocycles. The van der Waals surface area contributed by atoms with E-state index < -0.39 is 0 Å². The van der Waals surface area contributed by atoms with Crippen LogP contribution >= 0.6 is 0 Å². The molecule has 0 atom stereocenters. The SMILES string of the molecule is CC(=O)C(=Cc1ccc(-c2ccccc2)cc1)C(C)=O. The summed E-state index contributed by atoms with van der Waals surface area (Å²) in [5.41, 5.74) is 3.33. The van der Waals surface area contributed by atoms with Gasteiger partial charge >= 0.3 is 0 Å². The van der Waals surface area contributed by atoms with E-state index in [9.17, 15) is 9.59 Å². The van der Waals surface area contributed by atoms with E-state index in [4.69, 9.17) is 0 Å². The van der Waals surface area contributed by atoms with Gasteiger partial charge in [-0.1, -0.05) is 54.6 Å². The van der Waals surface area contributed by atoms with Gasteiger partial charge in [-0.2, -0.15) is 0 Å². The Morgan fingerprint density at radius 3 is 1.75 bits per heavy atom. The van der Waals surface area contributed by atoms with Crippen LogP contribution in [0.25, 0.3) is 17.2 Å². The molecule has 0 aromatic heterocycles. The first-order chi connectivity index (χ1) is 9.58. The predicted octanol–water partition coefficient (Wildman–Crippen LogP) is 3.92. The minimum atomic E-state index is -0.204. The lowest BCUT2D eigenvalue weighted by molar-refractivity contribution is -0.119. The molecular weight excluding hydrogens is 248 g/mol. The van der Waals surface area contributed by atoms with Crippen molar-refractivity contribution in [3.8, 4) is 11.1 Å². The van der Waals surface area contributed by atoms with Gasteiger partial charge in [-0.15, -0.1) is 0 Å². The highest BCUT2D eigenvalue weighted by Crippen LogP contribution is 2.20. The second kappa shape index (κ2) is 6.11. The molecule has 2 nitrogen and oxygen atoms in total. The van der Waals surface area contributed by atoms with Crippen LogP contribution in [0.4, 0.5) is 0 Å². The van der Waals surface area contributed by atoms with Gasteiger partial charge < -0.3 is 0 Å². The molecule has 2 aromatic rings. The first-order valence-electron chi connectivity index (χ1n) is 6.47. The number of ketones is 2. The Kier molecular flexibility index (Phi) is 4.26. The first kappa shape index (κ1) is 13.9. The van der Waals surface area contributed by atoms with Crippen LogP contribution in [-0.4, -0.2) is 11.6 Å². The number of benzene rings is 2. The molecular formula is C18H16O2. The molecule has 100 valence electrons. The summed E-state index contributed by atoms with van der Waals surface area (Å²) in [6.45, 7) is 2.82. The molecule has 0 spiro atoms. The van der Waals surface area contributed by atoms with E-state index >= 15 is 0 Å². The normalized spacial score (nSPS) is 9.90. The van der Waals surface area contributed by atoms with E-state index in [1.165, 1.54) is 13.8 Å². The van der Waals surface area contributed by atoms with Crippen molar-refractivity contribution in [2.75, 3.05) is 0 Å². The topological polar surface area (TPSA) is 34.1 Å². The van der Waals surface area contributed by atoms with Crippen LogP contribution < -0.4 is 0 Å². The molecule has 0 aliphatic heterocycles. The molecule has 0 radical (unpaired) electrons. The first-order valence-corrected chi connectivity index (χ1v) is 6.47. The molecule has 20 heavy (non-hydrogen) atoms. The van der Waals surface area contributed by atoms with E-state index in [-0.39, 0.29) is 17.1 Å². The minimum absolute atomic E-state index is 0.204. The Morgan fingerprint density at radius 2 is 1.25 bits per heavy atom. The molecule has 0 aliphatic carbocycles. The number of rotatable bonds is 4. The van der Waals surface area contributed by atoms with E-state index in [1.807, 2.05) is 54.6 Å². The minimum Gasteiger partial charge on any atom is -0.294 e. The third-order valence-electron chi connectivity index (χ3n) is 3.09. The lowest BCUT2D eigenvalue weighted by Gasteiger charge is -2.03. The molecule has 0 saturated carbocycles. The fraction of sp³-hybridized carbons (Fsp3) is 0.111. The summed E-state index contributed by atoms with van der Waals surface area (Å²) in [6.07, 6.45) is 1.64. The zero-order valence-electron chi connectivity index (χ0n) is 11.6. The Morgan fingerprint density at radius 1 is 0.750 bits per heavy atom. The highest BCUT2D eigenvalue weighted by atomic mass is 16.1. The van der Waals surface area contributed by atoms with E-state index in [2.05, 4.69) is 0 Å². The molecule has 2 rings (SSSR count). The fourth-order valence-electron chi connectivity index (χ4n) is 2.02. The summed E-state index contributed by atoms with van der Waals surface area (Å²) in [7, 11) is 0. The van der Waals surface area contributed by atoms with Crippen LogP contribution in [0, 0.1) is 0 Å². The average molecular weight is 264 g/mol. The number of hydrogen-bond acceptors (Lipinski definition) is 2. The lowest BCUT2D eigenvalue weighted by Crippen LogP contribution is -2.05. The second-order valence-corrected chi connectivity index (χ2v) is 4.66. The van der Waals surface area contributed by atoms with E-state index in [1.54, 1.807) is 6.08 Å². The fourth-order valence-corrected chi connectivity index (χ4v) is 2.02. The molecule has 2 heteroatoms. The number of carbonyl (C=O) groups is 2. The maximum Gasteiger partial charge on any atom is 0.163 e. The smallest absolute Gasteiger partial charge is 0.163 e. The molecule has 0 aliphatic rings. The Balaban J connectivity index is 2.31. The van der Waals surface area contributed by atoms with Gasteiger partial charge in [0.1, 0.15) is 0 Å².